The van der Waals surface area contributed by atoms with E-state index < -0.39 is 0 Å². The smallest absolute Gasteiger partial charge is 0.262 e. The molecule has 0 atom stereocenters. The maximum absolute atomic E-state index is 12.9. The maximum atomic E-state index is 12.9. The van der Waals surface area contributed by atoms with E-state index in [1.165, 1.54) is 6.21 Å². The van der Waals surface area contributed by atoms with Crippen molar-refractivity contribution in [3.63, 3.8) is 0 Å². The maximum Gasteiger partial charge on any atom is 0.262 e. The quantitative estimate of drug-likeness (QED) is 0.110. The first-order valence-electron chi connectivity index (χ1n) is 12.1. The molecule has 0 saturated carbocycles. The molecule has 39 heavy (non-hydrogen) atoms. The second-order valence-corrected chi connectivity index (χ2v) is 9.90. The van der Waals surface area contributed by atoms with Crippen molar-refractivity contribution >= 4 is 68.1 Å². The third-order valence-corrected chi connectivity index (χ3v) is 6.68. The minimum atomic E-state index is -0.329. The van der Waals surface area contributed by atoms with Crippen molar-refractivity contribution in [3.8, 4) is 5.75 Å². The number of benzene rings is 4. The zero-order valence-corrected chi connectivity index (χ0v) is 22.8. The van der Waals surface area contributed by atoms with Gasteiger partial charge in [-0.25, -0.2) is 5.43 Å². The average Bonchev–Trinajstić information content (AvgIpc) is 2.96. The van der Waals surface area contributed by atoms with Crippen molar-refractivity contribution in [1.29, 1.82) is 0 Å². The number of hydrazone groups is 1. The van der Waals surface area contributed by atoms with Gasteiger partial charge in [0.1, 0.15) is 12.3 Å². The highest BCUT2D eigenvalue weighted by molar-refractivity contribution is 14.1. The van der Waals surface area contributed by atoms with Crippen LogP contribution in [-0.2, 0) is 16.1 Å². The summed E-state index contributed by atoms with van der Waals surface area (Å²) < 4.78 is 8.46. The Bertz CT molecular complexity index is 1690. The Labute approximate surface area is 237 Å². The summed E-state index contributed by atoms with van der Waals surface area (Å²) in [6.07, 6.45) is 1.52. The largest absolute Gasteiger partial charge is 0.484 e. The molecule has 0 spiro atoms. The first-order valence-corrected chi connectivity index (χ1v) is 13.2. The van der Waals surface area contributed by atoms with Crippen molar-refractivity contribution in [3.05, 3.63) is 116 Å². The summed E-state index contributed by atoms with van der Waals surface area (Å²) in [7, 11) is 0. The number of ether oxygens (including phenoxy) is 1. The molecule has 0 unspecified atom stereocenters. The number of fused-ring (bicyclic) bond motifs is 2. The van der Waals surface area contributed by atoms with E-state index in [0.717, 1.165) is 9.13 Å². The Hall–Kier alpha value is -4.51. The zero-order valence-electron chi connectivity index (χ0n) is 20.6. The molecule has 194 valence electrons. The lowest BCUT2D eigenvalue weighted by atomic mass is 10.1. The van der Waals surface area contributed by atoms with E-state index in [1.54, 1.807) is 36.4 Å². The normalized spacial score (nSPS) is 11.1. The molecule has 8 nitrogen and oxygen atoms in total. The number of anilines is 1. The molecule has 0 fully saturated rings. The number of amides is 2. The Morgan fingerprint density at radius 1 is 0.821 bits per heavy atom. The van der Waals surface area contributed by atoms with Gasteiger partial charge in [-0.05, 0) is 101 Å². The molecule has 1 aromatic heterocycles. The van der Waals surface area contributed by atoms with Gasteiger partial charge in [-0.15, -0.1) is 0 Å². The minimum absolute atomic E-state index is 0.00426. The predicted molar refractivity (Wildman–Crippen MR) is 161 cm³/mol. The van der Waals surface area contributed by atoms with Crippen LogP contribution in [0.2, 0.25) is 0 Å². The van der Waals surface area contributed by atoms with Gasteiger partial charge < -0.3 is 14.6 Å². The van der Waals surface area contributed by atoms with E-state index in [-0.39, 0.29) is 30.4 Å². The van der Waals surface area contributed by atoms with E-state index >= 15 is 0 Å². The predicted octanol–water partition coefficient (Wildman–Crippen LogP) is 4.93. The van der Waals surface area contributed by atoms with E-state index in [2.05, 4.69) is 38.4 Å². The third kappa shape index (κ3) is 6.32. The number of carbonyl (C=O) groups excluding carboxylic acids is 2. The molecule has 0 aliphatic heterocycles. The highest BCUT2D eigenvalue weighted by Gasteiger charge is 2.12. The number of rotatable bonds is 8. The molecule has 9 heteroatoms. The summed E-state index contributed by atoms with van der Waals surface area (Å²) in [6.45, 7) is -0.125. The second-order valence-electron chi connectivity index (χ2n) is 8.66. The molecule has 1 heterocycles. The lowest BCUT2D eigenvalue weighted by Crippen LogP contribution is -2.25. The summed E-state index contributed by atoms with van der Waals surface area (Å²) in [5.41, 5.74) is 5.31. The summed E-state index contributed by atoms with van der Waals surface area (Å²) in [4.78, 5) is 37.7. The number of hydrogen-bond acceptors (Lipinski definition) is 5. The van der Waals surface area contributed by atoms with Crippen LogP contribution in [0, 0.1) is 3.57 Å². The minimum Gasteiger partial charge on any atom is -0.484 e. The lowest BCUT2D eigenvalue weighted by molar-refractivity contribution is -0.121. The fourth-order valence-corrected chi connectivity index (χ4v) is 4.49. The molecule has 0 saturated heterocycles. The Morgan fingerprint density at radius 3 is 2.08 bits per heavy atom. The first-order chi connectivity index (χ1) is 19.0. The molecular weight excluding hydrogens is 607 g/mol. The summed E-state index contributed by atoms with van der Waals surface area (Å²) in [5, 5.41) is 7.97. The van der Waals surface area contributed by atoms with Crippen LogP contribution >= 0.6 is 22.6 Å². The average molecular weight is 630 g/mol. The van der Waals surface area contributed by atoms with Crippen LogP contribution in [0.15, 0.2) is 107 Å². The van der Waals surface area contributed by atoms with E-state index in [1.807, 2.05) is 65.2 Å². The molecule has 2 N–H and O–H groups in total. The number of nitrogens with zero attached hydrogens (tertiary/aromatic N) is 2. The SMILES string of the molecule is O=C(Cn1c2ccccc2c(=O)c2ccccc21)N/N=C\c1ccc(OCC(=O)Nc2ccc(I)cc2)cc1. The number of aromatic nitrogens is 1. The monoisotopic (exact) mass is 630 g/mol. The fraction of sp³-hybridized carbons (Fsp3) is 0.0667. The Balaban J connectivity index is 1.18. The lowest BCUT2D eigenvalue weighted by Gasteiger charge is -2.14. The highest BCUT2D eigenvalue weighted by Crippen LogP contribution is 2.19. The van der Waals surface area contributed by atoms with E-state index in [4.69, 9.17) is 4.74 Å². The summed E-state index contributed by atoms with van der Waals surface area (Å²) in [6, 6.07) is 28.9. The van der Waals surface area contributed by atoms with Crippen LogP contribution in [0.5, 0.6) is 5.75 Å². The molecule has 0 bridgehead atoms. The molecule has 0 aliphatic carbocycles. The number of nitrogens with one attached hydrogen (secondary N) is 2. The molecule has 4 aromatic carbocycles. The van der Waals surface area contributed by atoms with E-state index in [9.17, 15) is 14.4 Å². The van der Waals surface area contributed by atoms with Crippen LogP contribution in [-0.4, -0.2) is 29.2 Å². The van der Waals surface area contributed by atoms with Crippen LogP contribution < -0.4 is 20.9 Å². The standard InChI is InChI=1S/C30H23IN4O4/c31-21-11-13-22(14-12-21)33-29(37)19-39-23-15-9-20(10-16-23)17-32-34-28(36)18-35-26-7-3-1-5-24(26)30(38)25-6-2-4-8-27(25)35/h1-17H,18-19H2,(H,33,37)(H,34,36)/b32-17-. The number of pyridine rings is 1. The van der Waals surface area contributed by atoms with Gasteiger partial charge in [-0.2, -0.15) is 5.10 Å². The van der Waals surface area contributed by atoms with Gasteiger partial charge in [0.2, 0.25) is 0 Å². The van der Waals surface area contributed by atoms with Crippen molar-refractivity contribution in [2.75, 3.05) is 11.9 Å². The van der Waals surface area contributed by atoms with Gasteiger partial charge in [0.25, 0.3) is 11.8 Å². The first kappa shape index (κ1) is 26.1. The fourth-order valence-electron chi connectivity index (χ4n) is 4.13. The number of hydrogen-bond donors (Lipinski definition) is 2. The third-order valence-electron chi connectivity index (χ3n) is 5.96. The number of para-hydroxylation sites is 2. The highest BCUT2D eigenvalue weighted by atomic mass is 127. The molecule has 5 aromatic rings. The van der Waals surface area contributed by atoms with Gasteiger partial charge in [0.15, 0.2) is 12.0 Å². The van der Waals surface area contributed by atoms with Gasteiger partial charge in [-0.3, -0.25) is 14.4 Å². The molecule has 0 aliphatic rings. The van der Waals surface area contributed by atoms with Gasteiger partial charge in [-0.1, -0.05) is 24.3 Å². The van der Waals surface area contributed by atoms with Crippen LogP contribution in [0.3, 0.4) is 0 Å². The van der Waals surface area contributed by atoms with Crippen molar-refractivity contribution in [2.24, 2.45) is 5.10 Å². The van der Waals surface area contributed by atoms with Crippen LogP contribution in [0.1, 0.15) is 5.56 Å². The zero-order chi connectivity index (χ0) is 27.2. The van der Waals surface area contributed by atoms with Crippen LogP contribution in [0.4, 0.5) is 5.69 Å². The molecule has 2 amide bonds. The summed E-state index contributed by atoms with van der Waals surface area (Å²) in [5.74, 6) is -0.0527. The van der Waals surface area contributed by atoms with Gasteiger partial charge in [0, 0.05) is 20.0 Å². The van der Waals surface area contributed by atoms with Crippen LogP contribution in [0.25, 0.3) is 21.8 Å². The Kier molecular flexibility index (Phi) is 7.97. The van der Waals surface area contributed by atoms with Gasteiger partial charge >= 0.3 is 0 Å². The molecule has 5 rings (SSSR count). The summed E-state index contributed by atoms with van der Waals surface area (Å²) >= 11 is 2.20. The Morgan fingerprint density at radius 2 is 1.44 bits per heavy atom. The molecule has 0 radical (unpaired) electrons. The molecular formula is C30H23IN4O4. The number of halogens is 1. The second kappa shape index (κ2) is 11.9. The number of carbonyl (C=O) groups is 2. The topological polar surface area (TPSA) is 102 Å². The van der Waals surface area contributed by atoms with Gasteiger partial charge in [0.05, 0.1) is 17.2 Å². The van der Waals surface area contributed by atoms with Crippen molar-refractivity contribution < 1.29 is 14.3 Å². The van der Waals surface area contributed by atoms with Crippen molar-refractivity contribution in [1.82, 2.24) is 9.99 Å². The van der Waals surface area contributed by atoms with Crippen molar-refractivity contribution in [2.45, 2.75) is 6.54 Å². The van der Waals surface area contributed by atoms with E-state index in [0.29, 0.717) is 33.2 Å².